The molecule has 0 amide bonds. The van der Waals surface area contributed by atoms with Gasteiger partial charge < -0.3 is 15.0 Å². The van der Waals surface area contributed by atoms with Crippen molar-refractivity contribution in [2.45, 2.75) is 32.9 Å². The summed E-state index contributed by atoms with van der Waals surface area (Å²) in [5, 5.41) is 6.35. The van der Waals surface area contributed by atoms with Crippen LogP contribution in [0, 0.1) is 0 Å². The fourth-order valence-electron chi connectivity index (χ4n) is 2.89. The SMILES string of the molecule is CCNCCc1ccc(CN2CCNC(C(=O)OCC)C2=C=O)cc1. The van der Waals surface area contributed by atoms with E-state index in [1.807, 2.05) is 10.8 Å². The van der Waals surface area contributed by atoms with Gasteiger partial charge in [0.05, 0.1) is 6.61 Å². The number of esters is 1. The molecule has 25 heavy (non-hydrogen) atoms. The Balaban J connectivity index is 2.00. The van der Waals surface area contributed by atoms with E-state index in [1.54, 1.807) is 6.92 Å². The molecule has 1 aromatic rings. The Morgan fingerprint density at radius 1 is 1.32 bits per heavy atom. The minimum Gasteiger partial charge on any atom is -0.465 e. The first-order valence-corrected chi connectivity index (χ1v) is 8.88. The summed E-state index contributed by atoms with van der Waals surface area (Å²) in [6.45, 7) is 7.93. The van der Waals surface area contributed by atoms with Crippen molar-refractivity contribution in [2.24, 2.45) is 0 Å². The molecule has 1 aliphatic heterocycles. The minimum atomic E-state index is -0.731. The number of piperazine rings is 1. The van der Waals surface area contributed by atoms with E-state index in [0.717, 1.165) is 25.1 Å². The van der Waals surface area contributed by atoms with Gasteiger partial charge in [0.25, 0.3) is 0 Å². The smallest absolute Gasteiger partial charge is 0.330 e. The van der Waals surface area contributed by atoms with Crippen molar-refractivity contribution < 1.29 is 14.3 Å². The highest BCUT2D eigenvalue weighted by Crippen LogP contribution is 2.17. The van der Waals surface area contributed by atoms with Crippen molar-refractivity contribution in [2.75, 3.05) is 32.8 Å². The molecular weight excluding hydrogens is 318 g/mol. The van der Waals surface area contributed by atoms with E-state index >= 15 is 0 Å². The van der Waals surface area contributed by atoms with Crippen LogP contribution in [0.5, 0.6) is 0 Å². The zero-order valence-electron chi connectivity index (χ0n) is 15.0. The lowest BCUT2D eigenvalue weighted by atomic mass is 10.1. The summed E-state index contributed by atoms with van der Waals surface area (Å²) in [7, 11) is 0. The van der Waals surface area contributed by atoms with E-state index in [2.05, 4.69) is 41.8 Å². The lowest BCUT2D eigenvalue weighted by Gasteiger charge is -2.34. The van der Waals surface area contributed by atoms with E-state index < -0.39 is 12.0 Å². The third kappa shape index (κ3) is 5.43. The highest BCUT2D eigenvalue weighted by molar-refractivity contribution is 5.83. The number of carbonyl (C=O) groups excluding carboxylic acids is 2. The topological polar surface area (TPSA) is 70.7 Å². The largest absolute Gasteiger partial charge is 0.465 e. The average molecular weight is 345 g/mol. The van der Waals surface area contributed by atoms with Crippen LogP contribution in [0.25, 0.3) is 0 Å². The van der Waals surface area contributed by atoms with Crippen LogP contribution in [-0.2, 0) is 27.3 Å². The predicted octanol–water partition coefficient (Wildman–Crippen LogP) is 0.891. The lowest BCUT2D eigenvalue weighted by Crippen LogP contribution is -2.52. The summed E-state index contributed by atoms with van der Waals surface area (Å²) in [6, 6.07) is 7.64. The van der Waals surface area contributed by atoms with Crippen LogP contribution in [0.3, 0.4) is 0 Å². The molecule has 0 radical (unpaired) electrons. The van der Waals surface area contributed by atoms with Gasteiger partial charge in [-0.1, -0.05) is 31.2 Å². The number of likely N-dealkylation sites (N-methyl/N-ethyl adjacent to an activating group) is 1. The Bertz CT molecular complexity index is 609. The Kier molecular flexibility index (Phi) is 7.67. The molecule has 1 heterocycles. The summed E-state index contributed by atoms with van der Waals surface area (Å²) in [6.07, 6.45) is 0.992. The molecule has 1 fully saturated rings. The maximum Gasteiger partial charge on any atom is 0.330 e. The predicted molar refractivity (Wildman–Crippen MR) is 96.7 cm³/mol. The number of hydrogen-bond donors (Lipinski definition) is 2. The Hall–Kier alpha value is -2.14. The molecule has 1 atom stereocenters. The van der Waals surface area contributed by atoms with Gasteiger partial charge in [-0.25, -0.2) is 9.59 Å². The quantitative estimate of drug-likeness (QED) is 0.414. The van der Waals surface area contributed by atoms with Crippen LogP contribution in [0.2, 0.25) is 0 Å². The molecule has 6 heteroatoms. The van der Waals surface area contributed by atoms with Gasteiger partial charge in [0, 0.05) is 19.6 Å². The number of ether oxygens (including phenoxy) is 1. The molecule has 1 aromatic carbocycles. The first-order chi connectivity index (χ1) is 12.2. The van der Waals surface area contributed by atoms with Crippen molar-refractivity contribution >= 4 is 11.9 Å². The number of hydrogen-bond acceptors (Lipinski definition) is 6. The van der Waals surface area contributed by atoms with Crippen LogP contribution >= 0.6 is 0 Å². The zero-order valence-corrected chi connectivity index (χ0v) is 15.0. The van der Waals surface area contributed by atoms with Crippen molar-refractivity contribution in [3.05, 3.63) is 41.1 Å². The summed E-state index contributed by atoms with van der Waals surface area (Å²) >= 11 is 0. The zero-order chi connectivity index (χ0) is 18.1. The molecule has 6 nitrogen and oxygen atoms in total. The minimum absolute atomic E-state index is 0.289. The number of nitrogens with zero attached hydrogens (tertiary/aromatic N) is 1. The number of nitrogens with one attached hydrogen (secondary N) is 2. The van der Waals surface area contributed by atoms with Gasteiger partial charge >= 0.3 is 5.97 Å². The molecule has 1 unspecified atom stereocenters. The van der Waals surface area contributed by atoms with E-state index in [0.29, 0.717) is 25.3 Å². The Morgan fingerprint density at radius 2 is 2.04 bits per heavy atom. The maximum absolute atomic E-state index is 12.0. The molecule has 0 spiro atoms. The monoisotopic (exact) mass is 345 g/mol. The van der Waals surface area contributed by atoms with E-state index in [1.165, 1.54) is 5.56 Å². The fraction of sp³-hybridized carbons (Fsp3) is 0.526. The molecule has 0 aliphatic carbocycles. The molecular formula is C19H27N3O3. The number of rotatable bonds is 8. The Morgan fingerprint density at radius 3 is 2.68 bits per heavy atom. The molecule has 0 saturated carbocycles. The van der Waals surface area contributed by atoms with E-state index in [-0.39, 0.29) is 6.61 Å². The first kappa shape index (κ1) is 19.2. The third-order valence-electron chi connectivity index (χ3n) is 4.21. The van der Waals surface area contributed by atoms with Crippen LogP contribution in [0.15, 0.2) is 30.0 Å². The molecule has 136 valence electrons. The summed E-state index contributed by atoms with van der Waals surface area (Å²) < 4.78 is 5.04. The van der Waals surface area contributed by atoms with Crippen LogP contribution in [0.1, 0.15) is 25.0 Å². The van der Waals surface area contributed by atoms with Gasteiger partial charge in [0.1, 0.15) is 11.6 Å². The molecule has 0 bridgehead atoms. The second-order valence-corrected chi connectivity index (χ2v) is 5.97. The van der Waals surface area contributed by atoms with Crippen molar-refractivity contribution in [1.82, 2.24) is 15.5 Å². The number of carbonyl (C=O) groups is 1. The average Bonchev–Trinajstić information content (AvgIpc) is 2.63. The van der Waals surface area contributed by atoms with Gasteiger partial charge in [-0.05, 0) is 37.6 Å². The highest BCUT2D eigenvalue weighted by Gasteiger charge is 2.32. The van der Waals surface area contributed by atoms with Crippen LogP contribution in [0.4, 0.5) is 0 Å². The van der Waals surface area contributed by atoms with Crippen LogP contribution in [-0.4, -0.2) is 55.6 Å². The van der Waals surface area contributed by atoms with E-state index in [4.69, 9.17) is 4.74 Å². The second-order valence-electron chi connectivity index (χ2n) is 5.97. The lowest BCUT2D eigenvalue weighted by molar-refractivity contribution is -0.145. The normalized spacial score (nSPS) is 17.3. The third-order valence-corrected chi connectivity index (χ3v) is 4.21. The van der Waals surface area contributed by atoms with Gasteiger partial charge in [0.2, 0.25) is 0 Å². The first-order valence-electron chi connectivity index (χ1n) is 8.88. The van der Waals surface area contributed by atoms with Crippen molar-refractivity contribution in [1.29, 1.82) is 0 Å². The van der Waals surface area contributed by atoms with Crippen LogP contribution < -0.4 is 10.6 Å². The Labute approximate surface area is 149 Å². The van der Waals surface area contributed by atoms with Crippen molar-refractivity contribution in [3.8, 4) is 0 Å². The summed E-state index contributed by atoms with van der Waals surface area (Å²) in [5.74, 6) is 1.50. The second kappa shape index (κ2) is 9.99. The molecule has 1 saturated heterocycles. The van der Waals surface area contributed by atoms with Gasteiger partial charge in [-0.2, -0.15) is 0 Å². The molecule has 0 aromatic heterocycles. The number of benzene rings is 1. The fourth-order valence-corrected chi connectivity index (χ4v) is 2.89. The standard InChI is InChI=1S/C19H27N3O3/c1-3-20-10-9-15-5-7-16(8-6-15)13-22-12-11-21-18(17(22)14-23)19(24)25-4-2/h5-8,18,20-21H,3-4,9-13H2,1-2H3. The molecule has 1 aliphatic rings. The summed E-state index contributed by atoms with van der Waals surface area (Å²) in [4.78, 5) is 25.3. The van der Waals surface area contributed by atoms with E-state index in [9.17, 15) is 9.59 Å². The molecule has 2 rings (SSSR count). The van der Waals surface area contributed by atoms with Crippen molar-refractivity contribution in [3.63, 3.8) is 0 Å². The van der Waals surface area contributed by atoms with Gasteiger partial charge in [-0.3, -0.25) is 5.32 Å². The van der Waals surface area contributed by atoms with Gasteiger partial charge in [-0.15, -0.1) is 0 Å². The highest BCUT2D eigenvalue weighted by atomic mass is 16.5. The maximum atomic E-state index is 12.0. The van der Waals surface area contributed by atoms with Gasteiger partial charge in [0.15, 0.2) is 6.04 Å². The summed E-state index contributed by atoms with van der Waals surface area (Å²) in [5.41, 5.74) is 2.70. The molecule has 2 N–H and O–H groups in total.